The van der Waals surface area contributed by atoms with Gasteiger partial charge in [-0.15, -0.1) is 34.0 Å². The van der Waals surface area contributed by atoms with Gasteiger partial charge in [-0.25, -0.2) is 15.0 Å². The highest BCUT2D eigenvalue weighted by Crippen LogP contribution is 2.19. The first-order chi connectivity index (χ1) is 38.0. The molecule has 0 atom stereocenters. The van der Waals surface area contributed by atoms with Gasteiger partial charge in [0.25, 0.3) is 0 Å². The van der Waals surface area contributed by atoms with Gasteiger partial charge in [-0.05, 0) is 170 Å². The van der Waals surface area contributed by atoms with Crippen molar-refractivity contribution in [2.45, 2.75) is 133 Å². The molecule has 9 nitrogen and oxygen atoms in total. The summed E-state index contributed by atoms with van der Waals surface area (Å²) in [4.78, 5) is 33.5. The molecule has 0 unspecified atom stereocenters. The summed E-state index contributed by atoms with van der Waals surface area (Å²) in [6.45, 7) is 21.1. The highest BCUT2D eigenvalue weighted by molar-refractivity contribution is 7.10. The zero-order valence-corrected chi connectivity index (χ0v) is 52.0. The number of thiophene rings is 2. The first-order valence-corrected chi connectivity index (χ1v) is 30.3. The molecule has 0 amide bonds. The average molecular weight is 1170 g/mol. The monoisotopic (exact) mass is 1170 g/mol. The van der Waals surface area contributed by atoms with Crippen molar-refractivity contribution < 1.29 is 4.42 Å². The third-order valence-corrected chi connectivity index (χ3v) is 14.1. The maximum absolute atomic E-state index is 5.66. The van der Waals surface area contributed by atoms with Crippen LogP contribution in [-0.2, 0) is 64.2 Å². The summed E-state index contributed by atoms with van der Waals surface area (Å²) < 4.78 is 5.00. The molecule has 0 saturated carbocycles. The summed E-state index contributed by atoms with van der Waals surface area (Å²) in [5.74, 6) is 0.940. The van der Waals surface area contributed by atoms with E-state index >= 15 is 0 Å². The van der Waals surface area contributed by atoms with Crippen molar-refractivity contribution >= 4 is 68.8 Å². The van der Waals surface area contributed by atoms with E-state index in [1.807, 2.05) is 139 Å². The van der Waals surface area contributed by atoms with Gasteiger partial charge in [-0.2, -0.15) is 0 Å². The van der Waals surface area contributed by atoms with Crippen molar-refractivity contribution in [2.24, 2.45) is 0 Å². The lowest BCUT2D eigenvalue weighted by molar-refractivity contribution is 0.518. The van der Waals surface area contributed by atoms with E-state index in [9.17, 15) is 0 Å². The third-order valence-electron chi connectivity index (χ3n) is 10.3. The zero-order valence-electron chi connectivity index (χ0n) is 47.3. The molecular formula is C63H81Cl3N8OS3. The summed E-state index contributed by atoms with van der Waals surface area (Å²) in [6, 6.07) is 29.9. The Kier molecular flexibility index (Phi) is 43.4. The molecule has 0 aliphatic heterocycles. The van der Waals surface area contributed by atoms with Gasteiger partial charge in [0.2, 0.25) is 0 Å². The Balaban J connectivity index is 0.000000434. The van der Waals surface area contributed by atoms with Crippen LogP contribution in [0.3, 0.4) is 0 Å². The first-order valence-electron chi connectivity index (χ1n) is 26.5. The molecule has 0 spiro atoms. The van der Waals surface area contributed by atoms with Crippen LogP contribution in [0.5, 0.6) is 0 Å². The standard InChI is InChI=1S/C7H8ClN.3C7H9N.C6H7ClO.C6H7ClS.C6H8N2.C6H9N.C6H8S.C5H7NS/c1-2-6-3-7(8)5-9-4-6;1-2-7-3-5-8-6-4-7;1-2-7-4-3-5-8-6-7;1-2-7-5-3-4-6-8-7;1-2-5-3-4-6(7)8-5;1-2-6-3-5(7)4-8-6;1-2-6-3-4-7-5-8-6;1-2-6-3-4-7-5-6;1-2-6-4-3-5-7-6;1-2-5-6-3-4-7-5/h3-5H,2H2,1H3;3*3-6H,2H2,1H3;2*3-4H,2H2,1H3;3-5H,2H2,1H3;3-5,7H,2H2,1H3;3-5H,2H2,1H3;3-4H,2H2,1H3. The van der Waals surface area contributed by atoms with Crippen LogP contribution in [0.25, 0.3) is 0 Å². The predicted molar refractivity (Wildman–Crippen MR) is 338 cm³/mol. The van der Waals surface area contributed by atoms with Gasteiger partial charge in [0.05, 0.1) is 15.1 Å². The van der Waals surface area contributed by atoms with Gasteiger partial charge in [0.15, 0.2) is 5.22 Å². The van der Waals surface area contributed by atoms with Crippen LogP contribution in [-0.4, -0.2) is 39.9 Å². The Morgan fingerprint density at radius 3 is 1.47 bits per heavy atom. The van der Waals surface area contributed by atoms with Crippen molar-refractivity contribution in [3.8, 4) is 0 Å². The zero-order chi connectivity index (χ0) is 57.3. The maximum Gasteiger partial charge on any atom is 0.193 e. The number of aryl methyl sites for hydroxylation is 10. The Morgan fingerprint density at radius 2 is 1.14 bits per heavy atom. The Hall–Kier alpha value is -5.86. The fourth-order valence-electron chi connectivity index (χ4n) is 5.61. The molecule has 10 aromatic heterocycles. The minimum Gasteiger partial charge on any atom is -0.450 e. The van der Waals surface area contributed by atoms with E-state index in [2.05, 4.69) is 132 Å². The SMILES string of the molecule is CCc1cc(Cl)cs1.CCc1cc[nH]c1.CCc1ccc(Cl)o1.CCc1ccccn1.CCc1cccnc1.CCc1cccs1.CCc1ccncc1.CCc1ccncn1.CCc1cncc(Cl)c1.CCc1nccs1. The number of H-pyrrole nitrogens is 1. The van der Waals surface area contributed by atoms with Crippen LogP contribution < -0.4 is 0 Å². The molecule has 0 fully saturated rings. The largest absolute Gasteiger partial charge is 0.450 e. The fraction of sp³-hybridized carbons (Fsp3) is 0.317. The van der Waals surface area contributed by atoms with E-state index in [-0.39, 0.29) is 0 Å². The van der Waals surface area contributed by atoms with Gasteiger partial charge in [0.1, 0.15) is 12.1 Å². The average Bonchev–Trinajstić information content (AvgIpc) is 4.40. The van der Waals surface area contributed by atoms with Gasteiger partial charge in [-0.3, -0.25) is 19.9 Å². The smallest absolute Gasteiger partial charge is 0.193 e. The highest BCUT2D eigenvalue weighted by Gasteiger charge is 1.94. The van der Waals surface area contributed by atoms with Crippen molar-refractivity contribution in [1.29, 1.82) is 0 Å². The fourth-order valence-corrected chi connectivity index (χ4v) is 8.22. The number of furan rings is 1. The van der Waals surface area contributed by atoms with E-state index in [0.717, 1.165) is 80.0 Å². The van der Waals surface area contributed by atoms with Crippen LogP contribution in [0, 0.1) is 0 Å². The molecule has 0 aliphatic carbocycles. The summed E-state index contributed by atoms with van der Waals surface area (Å²) in [5, 5.41) is 9.35. The molecule has 0 bridgehead atoms. The second-order valence-corrected chi connectivity index (χ2v) is 20.2. The normalized spacial score (nSPS) is 9.35. The molecule has 1 N–H and O–H groups in total. The molecule has 0 saturated heterocycles. The summed E-state index contributed by atoms with van der Waals surface area (Å²) in [7, 11) is 0. The van der Waals surface area contributed by atoms with E-state index in [1.54, 1.807) is 53.7 Å². The molecule has 0 radical (unpaired) electrons. The number of aromatic nitrogens is 8. The molecule has 0 aliphatic rings. The second kappa shape index (κ2) is 48.3. The lowest BCUT2D eigenvalue weighted by Gasteiger charge is -1.92. The van der Waals surface area contributed by atoms with Crippen molar-refractivity contribution in [1.82, 2.24) is 39.9 Å². The minimum atomic E-state index is 0.474. The number of thiazole rings is 1. The van der Waals surface area contributed by atoms with Gasteiger partial charge >= 0.3 is 0 Å². The summed E-state index contributed by atoms with van der Waals surface area (Å²) in [5.41, 5.74) is 7.46. The minimum absolute atomic E-state index is 0.474. The number of pyridine rings is 4. The molecule has 15 heteroatoms. The highest BCUT2D eigenvalue weighted by atomic mass is 35.5. The van der Waals surface area contributed by atoms with E-state index < -0.39 is 0 Å². The number of rotatable bonds is 10. The van der Waals surface area contributed by atoms with Crippen LogP contribution in [0.15, 0.2) is 186 Å². The summed E-state index contributed by atoms with van der Waals surface area (Å²) >= 11 is 22.0. The number of halogens is 3. The van der Waals surface area contributed by atoms with Gasteiger partial charge in [0, 0.05) is 106 Å². The topological polar surface area (TPSA) is 119 Å². The van der Waals surface area contributed by atoms with E-state index in [4.69, 9.17) is 39.2 Å². The number of aromatic amines is 1. The Bertz CT molecular complexity index is 2500. The number of hydrogen-bond donors (Lipinski definition) is 1. The molecule has 10 rings (SSSR count). The number of nitrogens with one attached hydrogen (secondary N) is 1. The molecule has 418 valence electrons. The molecule has 0 aromatic carbocycles. The quantitative estimate of drug-likeness (QED) is 0.144. The summed E-state index contributed by atoms with van der Waals surface area (Å²) in [6.07, 6.45) is 32.3. The van der Waals surface area contributed by atoms with Gasteiger partial charge in [-0.1, -0.05) is 111 Å². The van der Waals surface area contributed by atoms with E-state index in [0.29, 0.717) is 10.2 Å². The predicted octanol–water partition coefficient (Wildman–Crippen LogP) is 19.3. The molecule has 78 heavy (non-hydrogen) atoms. The van der Waals surface area contributed by atoms with Crippen molar-refractivity contribution in [3.63, 3.8) is 0 Å². The first kappa shape index (κ1) is 70.2. The molecule has 10 heterocycles. The van der Waals surface area contributed by atoms with Crippen molar-refractivity contribution in [3.05, 3.63) is 251 Å². The van der Waals surface area contributed by atoms with Gasteiger partial charge < -0.3 is 9.40 Å². The lowest BCUT2D eigenvalue weighted by Crippen LogP contribution is -1.84. The van der Waals surface area contributed by atoms with Crippen LogP contribution >= 0.6 is 68.8 Å². The number of hydrogen-bond acceptors (Lipinski definition) is 11. The molecular weight excluding hydrogens is 1090 g/mol. The van der Waals surface area contributed by atoms with Crippen LogP contribution in [0.2, 0.25) is 15.3 Å². The Morgan fingerprint density at radius 1 is 0.436 bits per heavy atom. The second-order valence-electron chi connectivity index (χ2n) is 15.9. The van der Waals surface area contributed by atoms with Crippen LogP contribution in [0.1, 0.15) is 123 Å². The van der Waals surface area contributed by atoms with E-state index in [1.165, 1.54) is 43.4 Å². The lowest BCUT2D eigenvalue weighted by atomic mass is 10.2. The number of nitrogens with zero attached hydrogens (tertiary/aromatic N) is 7. The Labute approximate surface area is 494 Å². The van der Waals surface area contributed by atoms with Crippen LogP contribution in [0.4, 0.5) is 0 Å². The maximum atomic E-state index is 5.66. The van der Waals surface area contributed by atoms with Crippen molar-refractivity contribution in [2.75, 3.05) is 0 Å². The third kappa shape index (κ3) is 37.0. The molecule has 10 aromatic rings.